The van der Waals surface area contributed by atoms with E-state index >= 15 is 0 Å². The lowest BCUT2D eigenvalue weighted by Crippen LogP contribution is -2.47. The number of ether oxygens (including phenoxy) is 1. The fraction of sp³-hybridized carbons (Fsp3) is 0.522. The molecular formula is C23H26F3N5O2. The molecule has 10 heteroatoms. The fourth-order valence-electron chi connectivity index (χ4n) is 4.77. The Labute approximate surface area is 189 Å². The number of benzene rings is 1. The second-order valence-corrected chi connectivity index (χ2v) is 8.81. The zero-order chi connectivity index (χ0) is 23.2. The molecule has 0 bridgehead atoms. The number of aromatic nitrogens is 2. The van der Waals surface area contributed by atoms with Crippen molar-refractivity contribution >= 4 is 11.6 Å². The quantitative estimate of drug-likeness (QED) is 0.755. The first-order chi connectivity index (χ1) is 15.8. The van der Waals surface area contributed by atoms with E-state index in [4.69, 9.17) is 4.74 Å². The predicted molar refractivity (Wildman–Crippen MR) is 115 cm³/mol. The highest BCUT2D eigenvalue weighted by atomic mass is 19.4. The van der Waals surface area contributed by atoms with Gasteiger partial charge in [0.05, 0.1) is 34.2 Å². The van der Waals surface area contributed by atoms with Crippen molar-refractivity contribution in [1.82, 2.24) is 14.9 Å². The molecule has 1 unspecified atom stereocenters. The van der Waals surface area contributed by atoms with Gasteiger partial charge in [-0.15, -0.1) is 0 Å². The van der Waals surface area contributed by atoms with Crippen LogP contribution < -0.4 is 20.2 Å². The van der Waals surface area contributed by atoms with E-state index in [0.29, 0.717) is 5.69 Å². The summed E-state index contributed by atoms with van der Waals surface area (Å²) in [6, 6.07) is 4.62. The minimum Gasteiger partial charge on any atom is -0.494 e. The van der Waals surface area contributed by atoms with Gasteiger partial charge in [0.1, 0.15) is 12.3 Å². The third-order valence-electron chi connectivity index (χ3n) is 6.73. The van der Waals surface area contributed by atoms with Crippen molar-refractivity contribution in [2.24, 2.45) is 4.99 Å². The van der Waals surface area contributed by atoms with E-state index in [1.165, 1.54) is 48.7 Å². The monoisotopic (exact) mass is 461 g/mol. The second kappa shape index (κ2) is 8.48. The number of halogens is 3. The highest BCUT2D eigenvalue weighted by Crippen LogP contribution is 2.30. The first-order valence-corrected chi connectivity index (χ1v) is 11.3. The van der Waals surface area contributed by atoms with E-state index in [2.05, 4.69) is 19.9 Å². The summed E-state index contributed by atoms with van der Waals surface area (Å²) >= 11 is 0. The lowest BCUT2D eigenvalue weighted by Gasteiger charge is -2.41. The summed E-state index contributed by atoms with van der Waals surface area (Å²) in [7, 11) is 0. The molecule has 176 valence electrons. The average molecular weight is 461 g/mol. The van der Waals surface area contributed by atoms with Gasteiger partial charge in [-0.25, -0.2) is 9.97 Å². The van der Waals surface area contributed by atoms with E-state index in [1.54, 1.807) is 6.92 Å². The molecule has 1 aromatic carbocycles. The van der Waals surface area contributed by atoms with Gasteiger partial charge in [-0.05, 0) is 44.7 Å². The summed E-state index contributed by atoms with van der Waals surface area (Å²) in [4.78, 5) is 16.6. The summed E-state index contributed by atoms with van der Waals surface area (Å²) in [5, 5.41) is 10.6. The molecule has 0 amide bonds. The smallest absolute Gasteiger partial charge is 0.417 e. The van der Waals surface area contributed by atoms with Crippen LogP contribution in [0.1, 0.15) is 44.6 Å². The number of nitrogens with zero attached hydrogens (tertiary/aromatic N) is 5. The van der Waals surface area contributed by atoms with Crippen LogP contribution in [0.15, 0.2) is 35.6 Å². The molecule has 7 nitrogen and oxygen atoms in total. The van der Waals surface area contributed by atoms with Crippen LogP contribution >= 0.6 is 0 Å². The van der Waals surface area contributed by atoms with Gasteiger partial charge in [0, 0.05) is 19.1 Å². The van der Waals surface area contributed by atoms with Gasteiger partial charge in [0.15, 0.2) is 0 Å². The highest BCUT2D eigenvalue weighted by molar-refractivity contribution is 5.64. The number of aliphatic hydroxyl groups excluding tert-OH is 1. The minimum atomic E-state index is -4.62. The van der Waals surface area contributed by atoms with Gasteiger partial charge < -0.3 is 14.7 Å². The standard InChI is InChI=1S/C23H26F3N5O2/c1-14-29-19-7-3-6-18(23(24,25)26)20(19)21(32)31(14)16-12-27-22(28-13-16)33-17-8-10-30(11-9-17)15-4-2-5-15/h3,6-7,12-15,17,32H,2,4-5,8-11H2,1H3. The molecule has 1 N–H and O–H groups in total. The Morgan fingerprint density at radius 1 is 1.06 bits per heavy atom. The molecule has 2 aliphatic heterocycles. The summed E-state index contributed by atoms with van der Waals surface area (Å²) in [5.74, 6) is -0.527. The zero-order valence-electron chi connectivity index (χ0n) is 18.3. The molecule has 5 rings (SSSR count). The van der Waals surface area contributed by atoms with Gasteiger partial charge in [0.2, 0.25) is 5.88 Å². The van der Waals surface area contributed by atoms with Crippen molar-refractivity contribution in [3.8, 4) is 6.01 Å². The van der Waals surface area contributed by atoms with Crippen molar-refractivity contribution in [3.63, 3.8) is 0 Å². The molecule has 1 saturated carbocycles. The van der Waals surface area contributed by atoms with E-state index in [1.807, 2.05) is 0 Å². The first-order valence-electron chi connectivity index (χ1n) is 11.3. The molecule has 3 aliphatic rings. The van der Waals surface area contributed by atoms with E-state index in [-0.39, 0.29) is 22.7 Å². The predicted octanol–water partition coefficient (Wildman–Crippen LogP) is 3.00. The van der Waals surface area contributed by atoms with Gasteiger partial charge in [0.25, 0.3) is 0 Å². The number of piperidine rings is 1. The summed E-state index contributed by atoms with van der Waals surface area (Å²) in [5.41, 5.74) is -0.606. The Balaban J connectivity index is 1.34. The summed E-state index contributed by atoms with van der Waals surface area (Å²) in [6.07, 6.45) is 3.38. The maximum absolute atomic E-state index is 13.5. The van der Waals surface area contributed by atoms with Gasteiger partial charge >= 0.3 is 12.2 Å². The van der Waals surface area contributed by atoms with Crippen molar-refractivity contribution in [3.05, 3.63) is 46.7 Å². The van der Waals surface area contributed by atoms with Crippen LogP contribution in [0.25, 0.3) is 5.88 Å². The zero-order valence-corrected chi connectivity index (χ0v) is 18.3. The van der Waals surface area contributed by atoms with E-state index in [0.717, 1.165) is 38.0 Å². The van der Waals surface area contributed by atoms with Crippen molar-refractivity contribution in [2.75, 3.05) is 18.0 Å². The van der Waals surface area contributed by atoms with Gasteiger partial charge in [-0.1, -0.05) is 12.5 Å². The minimum absolute atomic E-state index is 0.0391. The van der Waals surface area contributed by atoms with Crippen LogP contribution in [0.4, 0.5) is 18.9 Å². The SMILES string of the molecule is CC1N=c2cccc(C(F)(F)F)c2=C(O)N1c1cnc(OC2CCN(C3CCC3)CC2)nc1. The Morgan fingerprint density at radius 2 is 1.76 bits per heavy atom. The maximum Gasteiger partial charge on any atom is 0.417 e. The number of aliphatic hydroxyl groups is 1. The molecule has 2 fully saturated rings. The summed E-state index contributed by atoms with van der Waals surface area (Å²) in [6.45, 7) is 3.69. The summed E-state index contributed by atoms with van der Waals surface area (Å²) < 4.78 is 46.5. The third kappa shape index (κ3) is 4.23. The molecule has 2 aromatic rings. The molecule has 1 atom stereocenters. The average Bonchev–Trinajstić information content (AvgIpc) is 2.74. The third-order valence-corrected chi connectivity index (χ3v) is 6.73. The largest absolute Gasteiger partial charge is 0.494 e. The normalized spacial score (nSPS) is 22.5. The Morgan fingerprint density at radius 3 is 2.36 bits per heavy atom. The van der Waals surface area contributed by atoms with Crippen molar-refractivity contribution in [1.29, 1.82) is 0 Å². The number of likely N-dealkylation sites (tertiary alicyclic amines) is 1. The number of anilines is 1. The highest BCUT2D eigenvalue weighted by Gasteiger charge is 2.35. The van der Waals surface area contributed by atoms with Crippen LogP contribution in [0.5, 0.6) is 6.01 Å². The number of fused-ring (bicyclic) bond motifs is 1. The molecule has 1 aliphatic carbocycles. The number of rotatable bonds is 4. The Hall–Kier alpha value is -2.88. The molecule has 0 radical (unpaired) electrons. The molecule has 1 saturated heterocycles. The van der Waals surface area contributed by atoms with Crippen LogP contribution in [-0.2, 0) is 6.18 Å². The molecule has 1 aromatic heterocycles. The number of hydrogen-bond acceptors (Lipinski definition) is 7. The van der Waals surface area contributed by atoms with Crippen LogP contribution in [0, 0.1) is 0 Å². The lowest BCUT2D eigenvalue weighted by atomic mass is 9.90. The van der Waals surface area contributed by atoms with Crippen molar-refractivity contribution in [2.45, 2.75) is 63.5 Å². The van der Waals surface area contributed by atoms with Gasteiger partial charge in [-0.2, -0.15) is 13.2 Å². The molecular weight excluding hydrogens is 435 g/mol. The first kappa shape index (κ1) is 21.9. The maximum atomic E-state index is 13.5. The van der Waals surface area contributed by atoms with E-state index in [9.17, 15) is 18.3 Å². The van der Waals surface area contributed by atoms with Crippen LogP contribution in [0.3, 0.4) is 0 Å². The number of alkyl halides is 3. The molecule has 0 spiro atoms. The molecule has 3 heterocycles. The van der Waals surface area contributed by atoms with Crippen LogP contribution in [-0.4, -0.2) is 51.4 Å². The van der Waals surface area contributed by atoms with E-state index < -0.39 is 23.8 Å². The lowest BCUT2D eigenvalue weighted by molar-refractivity contribution is -0.138. The topological polar surface area (TPSA) is 74.1 Å². The van der Waals surface area contributed by atoms with Crippen molar-refractivity contribution < 1.29 is 23.0 Å². The van der Waals surface area contributed by atoms with Crippen LogP contribution in [0.2, 0.25) is 0 Å². The Bertz CT molecular complexity index is 1130. The second-order valence-electron chi connectivity index (χ2n) is 8.81. The number of hydrogen-bond donors (Lipinski definition) is 1. The molecule has 33 heavy (non-hydrogen) atoms. The Kier molecular flexibility index (Phi) is 5.64. The fourth-order valence-corrected chi connectivity index (χ4v) is 4.77. The van der Waals surface area contributed by atoms with Gasteiger partial charge in [-0.3, -0.25) is 9.89 Å².